The van der Waals surface area contributed by atoms with Crippen LogP contribution >= 0.6 is 11.6 Å². The Bertz CT molecular complexity index is 734. The number of nitrogens with one attached hydrogen (secondary N) is 2. The summed E-state index contributed by atoms with van der Waals surface area (Å²) in [6, 6.07) is 1.45. The molecule has 0 aliphatic carbocycles. The highest BCUT2D eigenvalue weighted by Gasteiger charge is 2.33. The molecule has 0 saturated carbocycles. The Morgan fingerprint density at radius 1 is 0.960 bits per heavy atom. The lowest BCUT2D eigenvalue weighted by Crippen LogP contribution is -2.17. The highest BCUT2D eigenvalue weighted by molar-refractivity contribution is 6.32. The van der Waals surface area contributed by atoms with Crippen molar-refractivity contribution in [3.05, 3.63) is 40.8 Å². The third-order valence-corrected chi connectivity index (χ3v) is 3.10. The van der Waals surface area contributed by atoms with Gasteiger partial charge in [-0.3, -0.25) is 0 Å². The van der Waals surface area contributed by atoms with Gasteiger partial charge in [-0.15, -0.1) is 0 Å². The van der Waals surface area contributed by atoms with Crippen LogP contribution in [-0.4, -0.2) is 28.0 Å². The average molecular weight is 386 g/mol. The molecule has 0 radical (unpaired) electrons. The van der Waals surface area contributed by atoms with Gasteiger partial charge in [-0.25, -0.2) is 15.0 Å². The van der Waals surface area contributed by atoms with Gasteiger partial charge in [0.15, 0.2) is 0 Å². The van der Waals surface area contributed by atoms with Crippen LogP contribution < -0.4 is 10.6 Å². The number of anilines is 2. The predicted octanol–water partition coefficient (Wildman–Crippen LogP) is 4.09. The second-order valence-corrected chi connectivity index (χ2v) is 5.08. The summed E-state index contributed by atoms with van der Waals surface area (Å²) < 4.78 is 75.0. The van der Waals surface area contributed by atoms with Crippen molar-refractivity contribution < 1.29 is 26.3 Å². The fourth-order valence-electron chi connectivity index (χ4n) is 1.68. The van der Waals surface area contributed by atoms with E-state index >= 15 is 0 Å². The van der Waals surface area contributed by atoms with E-state index in [4.69, 9.17) is 11.6 Å². The molecule has 0 bridgehead atoms. The van der Waals surface area contributed by atoms with Crippen molar-refractivity contribution >= 4 is 23.4 Å². The Balaban J connectivity index is 1.90. The summed E-state index contributed by atoms with van der Waals surface area (Å²) in [5.41, 5.74) is -2.08. The molecule has 2 aromatic heterocycles. The number of nitrogens with zero attached hydrogens (tertiary/aromatic N) is 3. The van der Waals surface area contributed by atoms with Gasteiger partial charge in [-0.2, -0.15) is 26.3 Å². The molecule has 0 unspecified atom stereocenters. The Labute approximate surface area is 142 Å². The minimum absolute atomic E-state index is 0.0152. The van der Waals surface area contributed by atoms with Crippen molar-refractivity contribution in [1.29, 1.82) is 0 Å². The molecule has 136 valence electrons. The van der Waals surface area contributed by atoms with Crippen LogP contribution in [0.3, 0.4) is 0 Å². The van der Waals surface area contributed by atoms with E-state index in [1.807, 2.05) is 0 Å². The zero-order chi connectivity index (χ0) is 18.7. The highest BCUT2D eigenvalue weighted by atomic mass is 35.5. The van der Waals surface area contributed by atoms with E-state index < -0.39 is 23.6 Å². The molecule has 2 aromatic rings. The van der Waals surface area contributed by atoms with Gasteiger partial charge in [0.05, 0.1) is 10.6 Å². The van der Waals surface area contributed by atoms with Gasteiger partial charge in [0.1, 0.15) is 11.5 Å². The molecule has 0 aliphatic heterocycles. The summed E-state index contributed by atoms with van der Waals surface area (Å²) in [6.07, 6.45) is -7.57. The molecule has 12 heteroatoms. The molecule has 0 aromatic carbocycles. The van der Waals surface area contributed by atoms with Gasteiger partial charge in [0, 0.05) is 25.5 Å². The minimum Gasteiger partial charge on any atom is -0.367 e. The van der Waals surface area contributed by atoms with Crippen LogP contribution in [0.15, 0.2) is 24.5 Å². The summed E-state index contributed by atoms with van der Waals surface area (Å²) >= 11 is 5.71. The maximum Gasteiger partial charge on any atom is 0.433 e. The van der Waals surface area contributed by atoms with Gasteiger partial charge in [0.25, 0.3) is 0 Å². The van der Waals surface area contributed by atoms with E-state index in [1.54, 1.807) is 0 Å². The maximum atomic E-state index is 12.5. The standard InChI is InChI=1S/C13H10ClF6N5/c14-8-5-7(12(15,16)17)6-24-10(8)21-3-4-23-11-22-2-1-9(25-11)13(18,19)20/h1-2,5-6H,3-4H2,(H,21,24)(H,22,23,25). The zero-order valence-corrected chi connectivity index (χ0v) is 13.0. The van der Waals surface area contributed by atoms with E-state index in [1.165, 1.54) is 0 Å². The first-order valence-electron chi connectivity index (χ1n) is 6.68. The quantitative estimate of drug-likeness (QED) is 0.599. The van der Waals surface area contributed by atoms with E-state index in [0.29, 0.717) is 6.20 Å². The summed E-state index contributed by atoms with van der Waals surface area (Å²) in [5.74, 6) is -0.218. The molecule has 0 spiro atoms. The fourth-order valence-corrected chi connectivity index (χ4v) is 1.91. The number of rotatable bonds is 5. The van der Waals surface area contributed by atoms with Gasteiger partial charge < -0.3 is 10.6 Å². The van der Waals surface area contributed by atoms with Crippen LogP contribution in [0.1, 0.15) is 11.3 Å². The first-order valence-corrected chi connectivity index (χ1v) is 7.06. The van der Waals surface area contributed by atoms with Crippen molar-refractivity contribution in [2.24, 2.45) is 0 Å². The molecule has 0 saturated heterocycles. The van der Waals surface area contributed by atoms with Crippen LogP contribution in [0.25, 0.3) is 0 Å². The molecule has 2 heterocycles. The monoisotopic (exact) mass is 385 g/mol. The summed E-state index contributed by atoms with van der Waals surface area (Å²) in [4.78, 5) is 10.5. The molecule has 2 rings (SSSR count). The van der Waals surface area contributed by atoms with Crippen LogP contribution in [0.4, 0.5) is 38.1 Å². The van der Waals surface area contributed by atoms with Crippen molar-refractivity contribution in [3.63, 3.8) is 0 Å². The molecule has 0 amide bonds. The number of halogens is 7. The molecular weight excluding hydrogens is 376 g/mol. The molecule has 25 heavy (non-hydrogen) atoms. The Morgan fingerprint density at radius 2 is 1.64 bits per heavy atom. The lowest BCUT2D eigenvalue weighted by molar-refractivity contribution is -0.141. The van der Waals surface area contributed by atoms with Crippen LogP contribution in [0, 0.1) is 0 Å². The highest BCUT2D eigenvalue weighted by Crippen LogP contribution is 2.32. The third-order valence-electron chi connectivity index (χ3n) is 2.82. The number of hydrogen-bond acceptors (Lipinski definition) is 5. The van der Waals surface area contributed by atoms with E-state index in [2.05, 4.69) is 25.6 Å². The fraction of sp³-hybridized carbons (Fsp3) is 0.308. The van der Waals surface area contributed by atoms with Crippen molar-refractivity contribution in [2.75, 3.05) is 23.7 Å². The van der Waals surface area contributed by atoms with Crippen LogP contribution in [-0.2, 0) is 12.4 Å². The Morgan fingerprint density at radius 3 is 2.24 bits per heavy atom. The number of aromatic nitrogens is 3. The topological polar surface area (TPSA) is 62.7 Å². The molecule has 0 aliphatic rings. The third kappa shape index (κ3) is 5.34. The first kappa shape index (κ1) is 19.0. The zero-order valence-electron chi connectivity index (χ0n) is 12.2. The van der Waals surface area contributed by atoms with Gasteiger partial charge in [-0.1, -0.05) is 11.6 Å². The second kappa shape index (κ2) is 7.30. The molecule has 0 atom stereocenters. The molecule has 0 fully saturated rings. The largest absolute Gasteiger partial charge is 0.433 e. The average Bonchev–Trinajstić information content (AvgIpc) is 2.51. The maximum absolute atomic E-state index is 12.5. The Kier molecular flexibility index (Phi) is 5.55. The predicted molar refractivity (Wildman–Crippen MR) is 78.3 cm³/mol. The molecular formula is C13H10ClF6N5. The summed E-state index contributed by atoms with van der Waals surface area (Å²) in [6.45, 7) is 0.192. The van der Waals surface area contributed by atoms with Crippen LogP contribution in [0.5, 0.6) is 0 Å². The van der Waals surface area contributed by atoms with E-state index in [0.717, 1.165) is 18.3 Å². The smallest absolute Gasteiger partial charge is 0.367 e. The number of hydrogen-bond donors (Lipinski definition) is 2. The normalized spacial score (nSPS) is 12.1. The van der Waals surface area contributed by atoms with E-state index in [9.17, 15) is 26.3 Å². The van der Waals surface area contributed by atoms with Gasteiger partial charge in [-0.05, 0) is 12.1 Å². The Hall–Kier alpha value is -2.30. The van der Waals surface area contributed by atoms with Crippen molar-refractivity contribution in [3.8, 4) is 0 Å². The second-order valence-electron chi connectivity index (χ2n) is 4.67. The summed E-state index contributed by atoms with van der Waals surface area (Å²) in [5, 5.41) is 4.97. The minimum atomic E-state index is -4.59. The van der Waals surface area contributed by atoms with E-state index in [-0.39, 0.29) is 29.9 Å². The first-order chi connectivity index (χ1) is 11.6. The van der Waals surface area contributed by atoms with Crippen LogP contribution in [0.2, 0.25) is 5.02 Å². The molecule has 5 nitrogen and oxygen atoms in total. The lowest BCUT2D eigenvalue weighted by atomic mass is 10.3. The summed E-state index contributed by atoms with van der Waals surface area (Å²) in [7, 11) is 0. The van der Waals surface area contributed by atoms with Crippen molar-refractivity contribution in [1.82, 2.24) is 15.0 Å². The SMILES string of the molecule is FC(F)(F)c1cnc(NCCNc2nccc(C(F)(F)F)n2)c(Cl)c1. The lowest BCUT2D eigenvalue weighted by Gasteiger charge is -2.11. The van der Waals surface area contributed by atoms with Crippen molar-refractivity contribution in [2.45, 2.75) is 12.4 Å². The van der Waals surface area contributed by atoms with Gasteiger partial charge in [0.2, 0.25) is 5.95 Å². The number of pyridine rings is 1. The van der Waals surface area contributed by atoms with Gasteiger partial charge >= 0.3 is 12.4 Å². The number of alkyl halides is 6. The molecule has 2 N–H and O–H groups in total.